The fraction of sp³-hybridized carbons (Fsp3) is 0.750. The van der Waals surface area contributed by atoms with Gasteiger partial charge in [-0.1, -0.05) is 12.2 Å². The van der Waals surface area contributed by atoms with Crippen LogP contribution < -0.4 is 0 Å². The van der Waals surface area contributed by atoms with Crippen molar-refractivity contribution in [3.8, 4) is 0 Å². The third-order valence-corrected chi connectivity index (χ3v) is 4.16. The zero-order chi connectivity index (χ0) is 27.3. The number of ether oxygens (including phenoxy) is 1. The molecule has 0 heterocycles. The summed E-state index contributed by atoms with van der Waals surface area (Å²) in [6.07, 6.45) is -9.90. The van der Waals surface area contributed by atoms with Crippen LogP contribution in [0.1, 0.15) is 13.8 Å². The predicted octanol–water partition coefficient (Wildman–Crippen LogP) is 7.23. The van der Waals surface area contributed by atoms with Gasteiger partial charge in [-0.05, 0) is 0 Å². The Bertz CT molecular complexity index is 655. The molecule has 0 bridgehead atoms. The summed E-state index contributed by atoms with van der Waals surface area (Å²) in [5.41, 5.74) is 0. The molecular weight excluding hydrogens is 512 g/mol. The van der Waals surface area contributed by atoms with Gasteiger partial charge in [0.25, 0.3) is 0 Å². The Morgan fingerprint density at radius 3 is 0.848 bits per heavy atom. The molecule has 0 aliphatic heterocycles. The monoisotopic (exact) mass is 526 g/mol. The zero-order valence-electron chi connectivity index (χ0n) is 16.2. The maximum Gasteiger partial charge on any atom is 0.381 e. The third-order valence-electron chi connectivity index (χ3n) is 4.16. The number of rotatable bonds is 12. The molecule has 0 spiro atoms. The van der Waals surface area contributed by atoms with Crippen molar-refractivity contribution < 1.29 is 75.0 Å². The lowest BCUT2D eigenvalue weighted by Crippen LogP contribution is -2.67. The maximum absolute atomic E-state index is 14.0. The van der Waals surface area contributed by atoms with Crippen molar-refractivity contribution in [1.82, 2.24) is 0 Å². The third kappa shape index (κ3) is 4.65. The molecule has 0 aromatic heterocycles. The standard InChI is InChI=1S/C16H14F16O/c1-5-7(11(21,22)15(29,30)13(25,26)9(3,17)18)33-8(6-2)12(23,24)16(31,32)14(27,28)10(4,19)20/h5-8H,1-2H2,3-4H3. The summed E-state index contributed by atoms with van der Waals surface area (Å²) < 4.78 is 218. The predicted molar refractivity (Wildman–Crippen MR) is 80.0 cm³/mol. The first-order valence-corrected chi connectivity index (χ1v) is 8.06. The van der Waals surface area contributed by atoms with E-state index < -0.39 is 85.6 Å². The summed E-state index contributed by atoms with van der Waals surface area (Å²) in [5, 5.41) is 0. The van der Waals surface area contributed by atoms with Crippen LogP contribution in [-0.2, 0) is 4.74 Å². The van der Waals surface area contributed by atoms with E-state index in [1.807, 2.05) is 0 Å². The van der Waals surface area contributed by atoms with Crippen molar-refractivity contribution in [2.75, 3.05) is 0 Å². The average molecular weight is 526 g/mol. The van der Waals surface area contributed by atoms with E-state index in [0.29, 0.717) is 0 Å². The molecule has 196 valence electrons. The first-order valence-electron chi connectivity index (χ1n) is 8.06. The van der Waals surface area contributed by atoms with Crippen LogP contribution in [0.2, 0.25) is 0 Å². The number of halogens is 16. The van der Waals surface area contributed by atoms with Gasteiger partial charge in [0.2, 0.25) is 0 Å². The van der Waals surface area contributed by atoms with Crippen LogP contribution in [0, 0.1) is 0 Å². The summed E-state index contributed by atoms with van der Waals surface area (Å²) in [4.78, 5) is 0. The van der Waals surface area contributed by atoms with Crippen molar-refractivity contribution in [3.05, 3.63) is 25.3 Å². The molecule has 17 heteroatoms. The van der Waals surface area contributed by atoms with Crippen LogP contribution in [0.15, 0.2) is 25.3 Å². The Balaban J connectivity index is 6.48. The summed E-state index contributed by atoms with van der Waals surface area (Å²) in [7, 11) is 0. The van der Waals surface area contributed by atoms with Gasteiger partial charge in [0.05, 0.1) is 0 Å². The molecule has 0 saturated carbocycles. The molecule has 0 aromatic carbocycles. The molecule has 2 unspecified atom stereocenters. The minimum absolute atomic E-state index is 0.699. The molecule has 0 N–H and O–H groups in total. The Labute approximate surface area is 175 Å². The lowest BCUT2D eigenvalue weighted by Gasteiger charge is -2.41. The molecule has 1 nitrogen and oxygen atoms in total. The van der Waals surface area contributed by atoms with Gasteiger partial charge >= 0.3 is 47.4 Å². The first kappa shape index (κ1) is 31.3. The summed E-state index contributed by atoms with van der Waals surface area (Å²) in [5.74, 6) is -53.1. The highest BCUT2D eigenvalue weighted by atomic mass is 19.4. The topological polar surface area (TPSA) is 9.23 Å². The molecule has 2 atom stereocenters. The lowest BCUT2D eigenvalue weighted by atomic mass is 9.93. The minimum atomic E-state index is -7.14. The molecule has 0 rings (SSSR count). The highest BCUT2D eigenvalue weighted by molar-refractivity contribution is 5.12. The Morgan fingerprint density at radius 1 is 0.485 bits per heavy atom. The molecular formula is C16H14F16O. The lowest BCUT2D eigenvalue weighted by molar-refractivity contribution is -0.392. The van der Waals surface area contributed by atoms with Gasteiger partial charge in [-0.25, -0.2) is 0 Å². The van der Waals surface area contributed by atoms with Crippen LogP contribution >= 0.6 is 0 Å². The van der Waals surface area contributed by atoms with Gasteiger partial charge in [0, 0.05) is 13.8 Å². The van der Waals surface area contributed by atoms with Crippen molar-refractivity contribution in [1.29, 1.82) is 0 Å². The highest BCUT2D eigenvalue weighted by Crippen LogP contribution is 2.56. The minimum Gasteiger partial charge on any atom is -0.354 e. The zero-order valence-corrected chi connectivity index (χ0v) is 16.2. The van der Waals surface area contributed by atoms with Crippen molar-refractivity contribution in [3.63, 3.8) is 0 Å². The molecule has 0 fully saturated rings. The summed E-state index contributed by atoms with van der Waals surface area (Å²) in [6.45, 7) is 2.75. The van der Waals surface area contributed by atoms with E-state index in [0.717, 1.165) is 0 Å². The van der Waals surface area contributed by atoms with E-state index in [1.54, 1.807) is 0 Å². The molecule has 0 saturated heterocycles. The van der Waals surface area contributed by atoms with E-state index >= 15 is 0 Å². The van der Waals surface area contributed by atoms with Gasteiger partial charge < -0.3 is 4.74 Å². The normalized spacial score (nSPS) is 17.5. The Hall–Kier alpha value is -1.68. The van der Waals surface area contributed by atoms with Crippen LogP contribution in [0.4, 0.5) is 70.2 Å². The van der Waals surface area contributed by atoms with E-state index in [9.17, 15) is 70.2 Å². The van der Waals surface area contributed by atoms with Gasteiger partial charge in [0.1, 0.15) is 12.2 Å². The van der Waals surface area contributed by atoms with Crippen LogP contribution in [-0.4, -0.2) is 59.6 Å². The van der Waals surface area contributed by atoms with Crippen molar-refractivity contribution in [2.45, 2.75) is 73.4 Å². The van der Waals surface area contributed by atoms with E-state index in [-0.39, 0.29) is 0 Å². The van der Waals surface area contributed by atoms with Crippen LogP contribution in [0.5, 0.6) is 0 Å². The molecule has 0 aromatic rings. The fourth-order valence-corrected chi connectivity index (χ4v) is 2.06. The molecule has 0 radical (unpaired) electrons. The molecule has 0 aliphatic carbocycles. The average Bonchev–Trinajstić information content (AvgIpc) is 2.59. The van der Waals surface area contributed by atoms with Gasteiger partial charge in [-0.2, -0.15) is 70.2 Å². The number of hydrogen-bond donors (Lipinski definition) is 0. The van der Waals surface area contributed by atoms with Crippen molar-refractivity contribution in [2.24, 2.45) is 0 Å². The largest absolute Gasteiger partial charge is 0.381 e. The van der Waals surface area contributed by atoms with Gasteiger partial charge in [-0.3, -0.25) is 0 Å². The van der Waals surface area contributed by atoms with E-state index in [1.165, 1.54) is 0 Å². The molecule has 0 aliphatic rings. The van der Waals surface area contributed by atoms with Gasteiger partial charge in [0.15, 0.2) is 0 Å². The fourth-order valence-electron chi connectivity index (χ4n) is 2.06. The Morgan fingerprint density at radius 2 is 0.697 bits per heavy atom. The number of hydrogen-bond acceptors (Lipinski definition) is 1. The highest BCUT2D eigenvalue weighted by Gasteiger charge is 2.83. The SMILES string of the molecule is C=CC(OC(C=C)C(F)(F)C(F)(F)C(F)(F)C(C)(F)F)C(F)(F)C(F)(F)C(F)(F)C(C)(F)F. The second-order valence-electron chi connectivity index (χ2n) is 6.77. The summed E-state index contributed by atoms with van der Waals surface area (Å²) in [6, 6.07) is 0. The van der Waals surface area contributed by atoms with Crippen LogP contribution in [0.25, 0.3) is 0 Å². The smallest absolute Gasteiger partial charge is 0.354 e. The quantitative estimate of drug-likeness (QED) is 0.193. The van der Waals surface area contributed by atoms with E-state index in [4.69, 9.17) is 0 Å². The molecule has 0 amide bonds. The van der Waals surface area contributed by atoms with Gasteiger partial charge in [-0.15, -0.1) is 13.2 Å². The Kier molecular flexibility index (Phi) is 8.08. The molecule has 33 heavy (non-hydrogen) atoms. The van der Waals surface area contributed by atoms with Crippen molar-refractivity contribution >= 4 is 0 Å². The maximum atomic E-state index is 14.0. The summed E-state index contributed by atoms with van der Waals surface area (Å²) >= 11 is 0. The second-order valence-corrected chi connectivity index (χ2v) is 6.77. The second kappa shape index (κ2) is 8.52. The first-order chi connectivity index (χ1) is 14.1. The number of alkyl halides is 16. The van der Waals surface area contributed by atoms with Crippen LogP contribution in [0.3, 0.4) is 0 Å². The van der Waals surface area contributed by atoms with E-state index in [2.05, 4.69) is 17.9 Å².